The standard InChI is InChI=1S/C19H22N2O3S/c1-3-22-16-7-5-15(6-8-16)21-19(25)20-13(2)14-4-9-17-18(12-14)24-11-10-23-17/h4-9,12-13H,3,10-11H2,1-2H3,(H2,20,21,25)/t13-/m1/s1. The zero-order valence-corrected chi connectivity index (χ0v) is 15.2. The number of rotatable bonds is 5. The van der Waals surface area contributed by atoms with Crippen LogP contribution in [0.25, 0.3) is 0 Å². The fraction of sp³-hybridized carbons (Fsp3) is 0.316. The third-order valence-electron chi connectivity index (χ3n) is 3.84. The van der Waals surface area contributed by atoms with E-state index in [1.807, 2.05) is 49.4 Å². The quantitative estimate of drug-likeness (QED) is 0.791. The van der Waals surface area contributed by atoms with Gasteiger partial charge in [-0.25, -0.2) is 0 Å². The smallest absolute Gasteiger partial charge is 0.171 e. The Balaban J connectivity index is 1.58. The van der Waals surface area contributed by atoms with Crippen LogP contribution in [0.1, 0.15) is 25.5 Å². The Bertz CT molecular complexity index is 734. The number of hydrogen-bond acceptors (Lipinski definition) is 4. The SMILES string of the molecule is CCOc1ccc(NC(=S)N[C@H](C)c2ccc3c(c2)OCCO3)cc1. The Labute approximate surface area is 153 Å². The van der Waals surface area contributed by atoms with E-state index in [0.717, 1.165) is 28.5 Å². The lowest BCUT2D eigenvalue weighted by Crippen LogP contribution is -2.31. The van der Waals surface area contributed by atoms with E-state index < -0.39 is 0 Å². The molecule has 2 aromatic rings. The fourth-order valence-electron chi connectivity index (χ4n) is 2.58. The Morgan fingerprint density at radius 1 is 1.12 bits per heavy atom. The lowest BCUT2D eigenvalue weighted by molar-refractivity contribution is 0.171. The minimum Gasteiger partial charge on any atom is -0.494 e. The first-order chi connectivity index (χ1) is 12.2. The number of hydrogen-bond donors (Lipinski definition) is 2. The monoisotopic (exact) mass is 358 g/mol. The predicted molar refractivity (Wildman–Crippen MR) is 103 cm³/mol. The molecule has 0 spiro atoms. The van der Waals surface area contributed by atoms with E-state index in [2.05, 4.69) is 17.6 Å². The van der Waals surface area contributed by atoms with Crippen molar-refractivity contribution in [2.45, 2.75) is 19.9 Å². The highest BCUT2D eigenvalue weighted by Crippen LogP contribution is 2.32. The molecule has 1 heterocycles. The molecule has 0 saturated carbocycles. The molecule has 0 radical (unpaired) electrons. The zero-order chi connectivity index (χ0) is 17.6. The summed E-state index contributed by atoms with van der Waals surface area (Å²) < 4.78 is 16.6. The molecular formula is C19H22N2O3S. The van der Waals surface area contributed by atoms with Crippen LogP contribution in [0.15, 0.2) is 42.5 Å². The number of anilines is 1. The molecule has 6 heteroatoms. The Kier molecular flexibility index (Phi) is 5.60. The predicted octanol–water partition coefficient (Wildman–Crippen LogP) is 3.90. The van der Waals surface area contributed by atoms with E-state index in [1.165, 1.54) is 0 Å². The minimum absolute atomic E-state index is 0.0403. The van der Waals surface area contributed by atoms with Crippen molar-refractivity contribution in [2.75, 3.05) is 25.1 Å². The first-order valence-electron chi connectivity index (χ1n) is 8.35. The van der Waals surface area contributed by atoms with Gasteiger partial charge in [0, 0.05) is 5.69 Å². The van der Waals surface area contributed by atoms with E-state index >= 15 is 0 Å². The molecule has 2 N–H and O–H groups in total. The molecule has 1 aliphatic heterocycles. The van der Waals surface area contributed by atoms with Crippen LogP contribution in [0.2, 0.25) is 0 Å². The van der Waals surface area contributed by atoms with E-state index in [-0.39, 0.29) is 6.04 Å². The van der Waals surface area contributed by atoms with Gasteiger partial charge in [0.05, 0.1) is 12.6 Å². The number of thiocarbonyl (C=S) groups is 1. The topological polar surface area (TPSA) is 51.8 Å². The van der Waals surface area contributed by atoms with Gasteiger partial charge in [0.2, 0.25) is 0 Å². The van der Waals surface area contributed by atoms with Crippen molar-refractivity contribution in [3.8, 4) is 17.2 Å². The summed E-state index contributed by atoms with van der Waals surface area (Å²) in [6.07, 6.45) is 0. The molecule has 0 fully saturated rings. The zero-order valence-electron chi connectivity index (χ0n) is 14.4. The normalized spacial score (nSPS) is 13.7. The van der Waals surface area contributed by atoms with Crippen molar-refractivity contribution in [2.24, 2.45) is 0 Å². The minimum atomic E-state index is 0.0403. The van der Waals surface area contributed by atoms with Crippen molar-refractivity contribution < 1.29 is 14.2 Å². The third-order valence-corrected chi connectivity index (χ3v) is 4.06. The Morgan fingerprint density at radius 2 is 1.84 bits per heavy atom. The van der Waals surface area contributed by atoms with Gasteiger partial charge in [0.25, 0.3) is 0 Å². The van der Waals surface area contributed by atoms with E-state index in [9.17, 15) is 0 Å². The maximum Gasteiger partial charge on any atom is 0.171 e. The van der Waals surface area contributed by atoms with Crippen molar-refractivity contribution in [1.29, 1.82) is 0 Å². The van der Waals surface area contributed by atoms with E-state index in [0.29, 0.717) is 24.9 Å². The summed E-state index contributed by atoms with van der Waals surface area (Å²) in [5.74, 6) is 2.41. The van der Waals surface area contributed by atoms with Gasteiger partial charge in [-0.1, -0.05) is 6.07 Å². The Hall–Kier alpha value is -2.47. The molecule has 5 nitrogen and oxygen atoms in total. The van der Waals surface area contributed by atoms with Crippen LogP contribution in [0.5, 0.6) is 17.2 Å². The summed E-state index contributed by atoms with van der Waals surface area (Å²) in [4.78, 5) is 0. The van der Waals surface area contributed by atoms with Crippen molar-refractivity contribution in [3.63, 3.8) is 0 Å². The molecule has 0 aromatic heterocycles. The van der Waals surface area contributed by atoms with Crippen LogP contribution in [0, 0.1) is 0 Å². The summed E-state index contributed by atoms with van der Waals surface area (Å²) in [5, 5.41) is 7.03. The molecule has 0 unspecified atom stereocenters. The van der Waals surface area contributed by atoms with Gasteiger partial charge in [0.1, 0.15) is 19.0 Å². The largest absolute Gasteiger partial charge is 0.494 e. The van der Waals surface area contributed by atoms with Gasteiger partial charge in [0.15, 0.2) is 16.6 Å². The maximum atomic E-state index is 5.63. The van der Waals surface area contributed by atoms with Gasteiger partial charge in [-0.05, 0) is 68.0 Å². The molecule has 25 heavy (non-hydrogen) atoms. The van der Waals surface area contributed by atoms with Crippen LogP contribution in [0.3, 0.4) is 0 Å². The molecule has 132 valence electrons. The first kappa shape index (κ1) is 17.4. The van der Waals surface area contributed by atoms with Crippen molar-refractivity contribution >= 4 is 23.0 Å². The lowest BCUT2D eigenvalue weighted by Gasteiger charge is -2.22. The second-order valence-corrected chi connectivity index (χ2v) is 6.09. The van der Waals surface area contributed by atoms with Gasteiger partial charge < -0.3 is 24.8 Å². The molecule has 0 aliphatic carbocycles. The van der Waals surface area contributed by atoms with Crippen LogP contribution in [-0.2, 0) is 0 Å². The van der Waals surface area contributed by atoms with Gasteiger partial charge in [-0.15, -0.1) is 0 Å². The second-order valence-electron chi connectivity index (χ2n) is 5.68. The summed E-state index contributed by atoms with van der Waals surface area (Å²) in [6.45, 7) is 5.84. The summed E-state index contributed by atoms with van der Waals surface area (Å²) in [6, 6.07) is 13.7. The van der Waals surface area contributed by atoms with E-state index in [1.54, 1.807) is 0 Å². The van der Waals surface area contributed by atoms with Crippen molar-refractivity contribution in [1.82, 2.24) is 5.32 Å². The maximum absolute atomic E-state index is 5.63. The van der Waals surface area contributed by atoms with Crippen LogP contribution in [0.4, 0.5) is 5.69 Å². The van der Waals surface area contributed by atoms with Crippen LogP contribution < -0.4 is 24.8 Å². The number of nitrogens with one attached hydrogen (secondary N) is 2. The second kappa shape index (κ2) is 8.07. The highest BCUT2D eigenvalue weighted by atomic mass is 32.1. The van der Waals surface area contributed by atoms with Gasteiger partial charge >= 0.3 is 0 Å². The molecular weight excluding hydrogens is 336 g/mol. The Morgan fingerprint density at radius 3 is 2.56 bits per heavy atom. The average Bonchev–Trinajstić information content (AvgIpc) is 2.63. The highest BCUT2D eigenvalue weighted by Gasteiger charge is 2.15. The molecule has 3 rings (SSSR count). The van der Waals surface area contributed by atoms with E-state index in [4.69, 9.17) is 26.4 Å². The molecule has 2 aromatic carbocycles. The summed E-state index contributed by atoms with van der Waals surface area (Å²) in [7, 11) is 0. The number of ether oxygens (including phenoxy) is 3. The fourth-order valence-corrected chi connectivity index (χ4v) is 2.87. The van der Waals surface area contributed by atoms with Crippen molar-refractivity contribution in [3.05, 3.63) is 48.0 Å². The first-order valence-corrected chi connectivity index (χ1v) is 8.76. The number of benzene rings is 2. The number of fused-ring (bicyclic) bond motifs is 1. The van der Waals surface area contributed by atoms with Gasteiger partial charge in [-0.3, -0.25) is 0 Å². The summed E-state index contributed by atoms with van der Waals surface area (Å²) in [5.41, 5.74) is 2.00. The highest BCUT2D eigenvalue weighted by molar-refractivity contribution is 7.80. The average molecular weight is 358 g/mol. The molecule has 0 saturated heterocycles. The molecule has 1 atom stereocenters. The third kappa shape index (κ3) is 4.54. The molecule has 1 aliphatic rings. The lowest BCUT2D eigenvalue weighted by atomic mass is 10.1. The van der Waals surface area contributed by atoms with Crippen LogP contribution >= 0.6 is 12.2 Å². The van der Waals surface area contributed by atoms with Crippen LogP contribution in [-0.4, -0.2) is 24.9 Å². The molecule has 0 bridgehead atoms. The van der Waals surface area contributed by atoms with Gasteiger partial charge in [-0.2, -0.15) is 0 Å². The summed E-state index contributed by atoms with van der Waals surface area (Å²) >= 11 is 5.41. The molecule has 0 amide bonds.